The summed E-state index contributed by atoms with van der Waals surface area (Å²) in [5.41, 5.74) is 10.2. The van der Waals surface area contributed by atoms with Crippen molar-refractivity contribution in [3.05, 3.63) is 54.0 Å². The number of fused-ring (bicyclic) bond motifs is 5. The van der Waals surface area contributed by atoms with E-state index in [-0.39, 0.29) is 11.9 Å². The number of anilines is 2. The third kappa shape index (κ3) is 2.88. The molecule has 1 aliphatic heterocycles. The van der Waals surface area contributed by atoms with Crippen molar-refractivity contribution < 1.29 is 4.39 Å². The van der Waals surface area contributed by atoms with Crippen LogP contribution in [0, 0.1) is 17.7 Å². The van der Waals surface area contributed by atoms with E-state index in [2.05, 4.69) is 25.3 Å². The third-order valence-electron chi connectivity index (χ3n) is 7.40. The van der Waals surface area contributed by atoms with Gasteiger partial charge in [0.15, 0.2) is 5.65 Å². The fraction of sp³-hybridized carbons (Fsp3) is 0.333. The lowest BCUT2D eigenvalue weighted by atomic mass is 9.72. The molecule has 3 unspecified atom stereocenters. The molecule has 172 valence electrons. The van der Waals surface area contributed by atoms with E-state index in [1.54, 1.807) is 23.8 Å². The summed E-state index contributed by atoms with van der Waals surface area (Å²) < 4.78 is 16.3. The van der Waals surface area contributed by atoms with Gasteiger partial charge in [0.1, 0.15) is 23.1 Å². The molecular formula is C24H24FN9. The first-order valence-electron chi connectivity index (χ1n) is 11.6. The highest BCUT2D eigenvalue weighted by molar-refractivity contribution is 6.14. The summed E-state index contributed by atoms with van der Waals surface area (Å²) >= 11 is 0. The number of H-pyrrole nitrogens is 1. The lowest BCUT2D eigenvalue weighted by Crippen LogP contribution is -2.46. The Kier molecular flexibility index (Phi) is 4.11. The molecule has 1 aromatic carbocycles. The molecule has 34 heavy (non-hydrogen) atoms. The summed E-state index contributed by atoms with van der Waals surface area (Å²) in [4.78, 5) is 20.1. The van der Waals surface area contributed by atoms with Crippen LogP contribution in [-0.2, 0) is 6.42 Å². The second kappa shape index (κ2) is 7.10. The molecule has 0 amide bonds. The quantitative estimate of drug-likeness (QED) is 0.380. The van der Waals surface area contributed by atoms with Gasteiger partial charge in [0, 0.05) is 56.4 Å². The van der Waals surface area contributed by atoms with E-state index in [0.29, 0.717) is 35.4 Å². The van der Waals surface area contributed by atoms with Crippen LogP contribution in [0.2, 0.25) is 0 Å². The number of halogens is 1. The zero-order valence-electron chi connectivity index (χ0n) is 18.7. The summed E-state index contributed by atoms with van der Waals surface area (Å²) in [6.07, 6.45) is 7.06. The van der Waals surface area contributed by atoms with E-state index in [9.17, 15) is 4.39 Å². The van der Waals surface area contributed by atoms with Gasteiger partial charge in [-0.05, 0) is 36.0 Å². The Bertz CT molecular complexity index is 1570. The van der Waals surface area contributed by atoms with Crippen LogP contribution in [0.1, 0.15) is 17.8 Å². The number of aromatic nitrogens is 6. The standard InChI is InChI=1S/C24H24FN9/c1-27-18-7-14(25)6-15-21-23(32-22(15)18)30-19(4-12-8-28-20-2-3-29-34(20)9-12)31-24(21)33-10-13-5-17(26)16(13)11-33/h2-3,6-9,13,16-17,27H,4-5,10-11,26H2,1H3,(H,30,31,32). The Morgan fingerprint density at radius 3 is 3.00 bits per heavy atom. The van der Waals surface area contributed by atoms with E-state index in [1.807, 2.05) is 18.5 Å². The predicted molar refractivity (Wildman–Crippen MR) is 128 cm³/mol. The average molecular weight is 458 g/mol. The van der Waals surface area contributed by atoms with Gasteiger partial charge in [0.2, 0.25) is 0 Å². The van der Waals surface area contributed by atoms with Crippen molar-refractivity contribution in [2.45, 2.75) is 18.9 Å². The summed E-state index contributed by atoms with van der Waals surface area (Å²) in [5, 5.41) is 9.01. The van der Waals surface area contributed by atoms with Crippen LogP contribution in [0.15, 0.2) is 36.8 Å². The van der Waals surface area contributed by atoms with Gasteiger partial charge >= 0.3 is 0 Å². The Balaban J connectivity index is 1.40. The molecule has 4 N–H and O–H groups in total. The zero-order chi connectivity index (χ0) is 23.0. The molecule has 9 nitrogen and oxygen atoms in total. The van der Waals surface area contributed by atoms with Crippen LogP contribution >= 0.6 is 0 Å². The van der Waals surface area contributed by atoms with Gasteiger partial charge < -0.3 is 20.9 Å². The van der Waals surface area contributed by atoms with Gasteiger partial charge in [-0.15, -0.1) is 0 Å². The van der Waals surface area contributed by atoms with Crippen molar-refractivity contribution >= 4 is 39.1 Å². The number of rotatable bonds is 4. The Labute approximate surface area is 194 Å². The van der Waals surface area contributed by atoms with E-state index < -0.39 is 0 Å². The number of benzene rings is 1. The topological polar surface area (TPSA) is 113 Å². The molecule has 5 aromatic rings. The Hall–Kier alpha value is -3.79. The second-order valence-corrected chi connectivity index (χ2v) is 9.44. The Morgan fingerprint density at radius 2 is 2.18 bits per heavy atom. The normalized spacial score (nSPS) is 22.0. The molecule has 0 radical (unpaired) electrons. The fourth-order valence-corrected chi connectivity index (χ4v) is 5.65. The van der Waals surface area contributed by atoms with Gasteiger partial charge in [-0.1, -0.05) is 0 Å². The van der Waals surface area contributed by atoms with Gasteiger partial charge in [-0.2, -0.15) is 5.10 Å². The largest absolute Gasteiger partial charge is 0.386 e. The fourth-order valence-electron chi connectivity index (χ4n) is 5.65. The highest BCUT2D eigenvalue weighted by Crippen LogP contribution is 2.44. The number of nitrogens with two attached hydrogens (primary N) is 1. The maximum Gasteiger partial charge on any atom is 0.154 e. The number of hydrogen-bond donors (Lipinski definition) is 3. The van der Waals surface area contributed by atoms with Gasteiger partial charge in [-0.25, -0.2) is 23.9 Å². The average Bonchev–Trinajstić information content (AvgIpc) is 3.52. The SMILES string of the molecule is CNc1cc(F)cc2c1[nH]c1nc(Cc3cnc4ccnn4c3)nc(N3CC4CC(N)C4C3)c12. The second-order valence-electron chi connectivity index (χ2n) is 9.44. The van der Waals surface area contributed by atoms with Crippen LogP contribution in [0.3, 0.4) is 0 Å². The molecule has 0 spiro atoms. The van der Waals surface area contributed by atoms with Gasteiger partial charge in [0.25, 0.3) is 0 Å². The molecular weight excluding hydrogens is 433 g/mol. The molecule has 3 atom stereocenters. The number of nitrogens with one attached hydrogen (secondary N) is 2. The minimum absolute atomic E-state index is 0.245. The lowest BCUT2D eigenvalue weighted by Gasteiger charge is -2.36. The van der Waals surface area contributed by atoms with Crippen LogP contribution in [-0.4, -0.2) is 55.7 Å². The zero-order valence-corrected chi connectivity index (χ0v) is 18.7. The van der Waals surface area contributed by atoms with Crippen molar-refractivity contribution in [1.29, 1.82) is 0 Å². The molecule has 5 heterocycles. The summed E-state index contributed by atoms with van der Waals surface area (Å²) in [6.45, 7) is 1.77. The van der Waals surface area contributed by atoms with Gasteiger partial charge in [0.05, 0.1) is 22.8 Å². The molecule has 10 heteroatoms. The van der Waals surface area contributed by atoms with Crippen LogP contribution in [0.25, 0.3) is 27.6 Å². The van der Waals surface area contributed by atoms with E-state index in [4.69, 9.17) is 15.7 Å². The van der Waals surface area contributed by atoms with Crippen LogP contribution < -0.4 is 16.0 Å². The van der Waals surface area contributed by atoms with E-state index in [0.717, 1.165) is 52.8 Å². The molecule has 1 saturated carbocycles. The van der Waals surface area contributed by atoms with Crippen molar-refractivity contribution in [3.8, 4) is 0 Å². The van der Waals surface area contributed by atoms with Crippen LogP contribution in [0.4, 0.5) is 15.9 Å². The van der Waals surface area contributed by atoms with Crippen LogP contribution in [0.5, 0.6) is 0 Å². The number of aromatic amines is 1. The number of hydrogen-bond acceptors (Lipinski definition) is 7. The van der Waals surface area contributed by atoms with Crippen molar-refractivity contribution in [2.75, 3.05) is 30.4 Å². The summed E-state index contributed by atoms with van der Waals surface area (Å²) in [7, 11) is 1.79. The summed E-state index contributed by atoms with van der Waals surface area (Å²) in [5.74, 6) is 2.29. The van der Waals surface area contributed by atoms with E-state index >= 15 is 0 Å². The summed E-state index contributed by atoms with van der Waals surface area (Å²) in [6, 6.07) is 5.16. The first-order chi connectivity index (χ1) is 16.6. The maximum absolute atomic E-state index is 14.5. The Morgan fingerprint density at radius 1 is 1.26 bits per heavy atom. The van der Waals surface area contributed by atoms with Crippen molar-refractivity contribution in [3.63, 3.8) is 0 Å². The minimum Gasteiger partial charge on any atom is -0.386 e. The molecule has 1 aliphatic carbocycles. The molecule has 1 saturated heterocycles. The molecule has 4 aromatic heterocycles. The predicted octanol–water partition coefficient (Wildman–Crippen LogP) is 2.71. The first kappa shape index (κ1) is 19.7. The molecule has 0 bridgehead atoms. The first-order valence-corrected chi connectivity index (χ1v) is 11.6. The molecule has 2 aliphatic rings. The smallest absolute Gasteiger partial charge is 0.154 e. The van der Waals surface area contributed by atoms with Gasteiger partial charge in [-0.3, -0.25) is 0 Å². The molecule has 7 rings (SSSR count). The highest BCUT2D eigenvalue weighted by atomic mass is 19.1. The minimum atomic E-state index is -0.296. The number of nitrogens with zero attached hydrogens (tertiary/aromatic N) is 6. The van der Waals surface area contributed by atoms with E-state index in [1.165, 1.54) is 6.07 Å². The monoisotopic (exact) mass is 457 g/mol. The van der Waals surface area contributed by atoms with Crippen molar-refractivity contribution in [2.24, 2.45) is 17.6 Å². The maximum atomic E-state index is 14.5. The third-order valence-corrected chi connectivity index (χ3v) is 7.40. The molecule has 2 fully saturated rings. The van der Waals surface area contributed by atoms with Crippen molar-refractivity contribution in [1.82, 2.24) is 29.5 Å². The highest BCUT2D eigenvalue weighted by Gasteiger charge is 2.46. The lowest BCUT2D eigenvalue weighted by molar-refractivity contribution is 0.194.